The Balaban J connectivity index is 2.55. The van der Waals surface area contributed by atoms with E-state index in [1.807, 2.05) is 0 Å². The van der Waals surface area contributed by atoms with Crippen molar-refractivity contribution in [1.82, 2.24) is 5.32 Å². The molecule has 1 amide bonds. The first-order valence-corrected chi connectivity index (χ1v) is 6.29. The maximum absolute atomic E-state index is 12.2. The van der Waals surface area contributed by atoms with Gasteiger partial charge in [-0.1, -0.05) is 12.8 Å². The Bertz CT molecular complexity index is 234. The number of amides is 1. The zero-order valence-corrected chi connectivity index (χ0v) is 10.6. The van der Waals surface area contributed by atoms with E-state index in [1.54, 1.807) is 7.11 Å². The molecule has 0 bridgehead atoms. The number of carbonyl (C=O) groups is 1. The number of rotatable bonds is 7. The first-order valence-electron chi connectivity index (χ1n) is 6.29. The summed E-state index contributed by atoms with van der Waals surface area (Å²) in [5.41, 5.74) is 5.36. The van der Waals surface area contributed by atoms with Crippen LogP contribution in [-0.4, -0.2) is 43.9 Å². The van der Waals surface area contributed by atoms with Gasteiger partial charge in [-0.2, -0.15) is 0 Å². The van der Waals surface area contributed by atoms with Crippen molar-refractivity contribution in [3.63, 3.8) is 0 Å². The maximum atomic E-state index is 12.2. The zero-order valence-electron chi connectivity index (χ0n) is 10.6. The Morgan fingerprint density at radius 3 is 2.65 bits per heavy atom. The highest BCUT2D eigenvalue weighted by Crippen LogP contribution is 2.37. The number of carbonyl (C=O) groups excluding carboxylic acids is 1. The second kappa shape index (κ2) is 6.93. The van der Waals surface area contributed by atoms with Crippen LogP contribution >= 0.6 is 0 Å². The summed E-state index contributed by atoms with van der Waals surface area (Å²) >= 11 is 0. The molecule has 1 unspecified atom stereocenters. The van der Waals surface area contributed by atoms with Crippen LogP contribution in [0, 0.1) is 5.41 Å². The minimum Gasteiger partial charge on any atom is -0.396 e. The molecule has 0 aromatic carbocycles. The van der Waals surface area contributed by atoms with Gasteiger partial charge in [-0.3, -0.25) is 4.79 Å². The topological polar surface area (TPSA) is 84.6 Å². The van der Waals surface area contributed by atoms with Crippen molar-refractivity contribution in [3.8, 4) is 0 Å². The Hall–Kier alpha value is -0.650. The molecular weight excluding hydrogens is 220 g/mol. The fraction of sp³-hybridized carbons (Fsp3) is 0.917. The van der Waals surface area contributed by atoms with Crippen molar-refractivity contribution in [3.05, 3.63) is 0 Å². The lowest BCUT2D eigenvalue weighted by atomic mass is 9.85. The van der Waals surface area contributed by atoms with Gasteiger partial charge >= 0.3 is 0 Å². The number of nitrogens with one attached hydrogen (secondary N) is 1. The minimum atomic E-state index is -0.387. The predicted molar refractivity (Wildman–Crippen MR) is 65.5 cm³/mol. The molecule has 1 saturated carbocycles. The molecule has 0 aromatic rings. The number of methoxy groups -OCH3 is 1. The second-order valence-corrected chi connectivity index (χ2v) is 4.83. The van der Waals surface area contributed by atoms with Crippen molar-refractivity contribution < 1.29 is 14.6 Å². The minimum absolute atomic E-state index is 0.0213. The van der Waals surface area contributed by atoms with Crippen LogP contribution in [0.3, 0.4) is 0 Å². The molecule has 4 N–H and O–H groups in total. The van der Waals surface area contributed by atoms with E-state index in [2.05, 4.69) is 5.32 Å². The Labute approximate surface area is 103 Å². The van der Waals surface area contributed by atoms with E-state index in [0.717, 1.165) is 25.7 Å². The van der Waals surface area contributed by atoms with Gasteiger partial charge in [-0.05, 0) is 19.3 Å². The summed E-state index contributed by atoms with van der Waals surface area (Å²) in [7, 11) is 1.59. The first-order chi connectivity index (χ1) is 8.18. The molecule has 0 spiro atoms. The molecule has 1 rings (SSSR count). The molecule has 1 aliphatic carbocycles. The van der Waals surface area contributed by atoms with Gasteiger partial charge in [0, 0.05) is 20.3 Å². The number of aliphatic hydroxyl groups excluding tert-OH is 1. The summed E-state index contributed by atoms with van der Waals surface area (Å²) in [5, 5.41) is 11.9. The van der Waals surface area contributed by atoms with Crippen LogP contribution in [0.5, 0.6) is 0 Å². The van der Waals surface area contributed by atoms with Crippen LogP contribution in [0.1, 0.15) is 32.1 Å². The third kappa shape index (κ3) is 3.66. The molecule has 1 fully saturated rings. The highest BCUT2D eigenvalue weighted by molar-refractivity contribution is 5.83. The lowest BCUT2D eigenvalue weighted by Gasteiger charge is -2.28. The van der Waals surface area contributed by atoms with Gasteiger partial charge in [-0.25, -0.2) is 0 Å². The fourth-order valence-electron chi connectivity index (χ4n) is 2.47. The van der Waals surface area contributed by atoms with E-state index >= 15 is 0 Å². The van der Waals surface area contributed by atoms with Crippen LogP contribution in [0.25, 0.3) is 0 Å². The molecule has 17 heavy (non-hydrogen) atoms. The van der Waals surface area contributed by atoms with Crippen molar-refractivity contribution in [2.24, 2.45) is 11.1 Å². The highest BCUT2D eigenvalue weighted by Gasteiger charge is 2.40. The summed E-state index contributed by atoms with van der Waals surface area (Å²) in [4.78, 5) is 12.2. The molecule has 0 aliphatic heterocycles. The largest absolute Gasteiger partial charge is 0.396 e. The van der Waals surface area contributed by atoms with E-state index in [-0.39, 0.29) is 24.0 Å². The molecule has 0 aromatic heterocycles. The van der Waals surface area contributed by atoms with E-state index < -0.39 is 0 Å². The molecular formula is C12H24N2O3. The van der Waals surface area contributed by atoms with Gasteiger partial charge in [-0.15, -0.1) is 0 Å². The molecule has 5 nitrogen and oxygen atoms in total. The standard InChI is InChI=1S/C12H24N2O3/c1-17-8-10(4-7-15)14-11(16)12(9-13)5-2-3-6-12/h10,15H,2-9,13H2,1H3,(H,14,16). The second-order valence-electron chi connectivity index (χ2n) is 4.83. The van der Waals surface area contributed by atoms with E-state index in [0.29, 0.717) is 19.6 Å². The molecule has 100 valence electrons. The van der Waals surface area contributed by atoms with E-state index in [1.165, 1.54) is 0 Å². The molecule has 5 heteroatoms. The van der Waals surface area contributed by atoms with Crippen LogP contribution in [0.4, 0.5) is 0 Å². The number of hydrogen-bond donors (Lipinski definition) is 3. The average molecular weight is 244 g/mol. The first kappa shape index (κ1) is 14.4. The van der Waals surface area contributed by atoms with Crippen molar-refractivity contribution in [2.75, 3.05) is 26.9 Å². The summed E-state index contributed by atoms with van der Waals surface area (Å²) in [5.74, 6) is 0.0213. The molecule has 1 atom stereocenters. The van der Waals surface area contributed by atoms with Crippen LogP contribution in [0.15, 0.2) is 0 Å². The van der Waals surface area contributed by atoms with E-state index in [4.69, 9.17) is 15.6 Å². The average Bonchev–Trinajstić information content (AvgIpc) is 2.79. The fourth-order valence-corrected chi connectivity index (χ4v) is 2.47. The summed E-state index contributed by atoms with van der Waals surface area (Å²) in [6.07, 6.45) is 4.39. The predicted octanol–water partition coefficient (Wildman–Crippen LogP) is 0.0191. The summed E-state index contributed by atoms with van der Waals surface area (Å²) in [6.45, 7) is 0.870. The smallest absolute Gasteiger partial charge is 0.227 e. The van der Waals surface area contributed by atoms with Crippen molar-refractivity contribution in [2.45, 2.75) is 38.1 Å². The van der Waals surface area contributed by atoms with Gasteiger partial charge in [0.15, 0.2) is 0 Å². The molecule has 0 heterocycles. The van der Waals surface area contributed by atoms with Crippen LogP contribution in [0.2, 0.25) is 0 Å². The lowest BCUT2D eigenvalue weighted by molar-refractivity contribution is -0.131. The zero-order chi connectivity index (χ0) is 12.7. The number of nitrogens with two attached hydrogens (primary N) is 1. The lowest BCUT2D eigenvalue weighted by Crippen LogP contribution is -2.49. The number of ether oxygens (including phenoxy) is 1. The Kier molecular flexibility index (Phi) is 5.88. The van der Waals surface area contributed by atoms with Gasteiger partial charge in [0.25, 0.3) is 0 Å². The van der Waals surface area contributed by atoms with Gasteiger partial charge in [0.05, 0.1) is 18.1 Å². The Morgan fingerprint density at radius 1 is 1.53 bits per heavy atom. The number of aliphatic hydroxyl groups is 1. The normalized spacial score (nSPS) is 20.2. The molecule has 0 saturated heterocycles. The van der Waals surface area contributed by atoms with Crippen LogP contribution < -0.4 is 11.1 Å². The molecule has 1 aliphatic rings. The quantitative estimate of drug-likeness (QED) is 0.589. The van der Waals surface area contributed by atoms with Gasteiger partial charge in [0.2, 0.25) is 5.91 Å². The van der Waals surface area contributed by atoms with Crippen molar-refractivity contribution >= 4 is 5.91 Å². The number of hydrogen-bond acceptors (Lipinski definition) is 4. The van der Waals surface area contributed by atoms with Gasteiger partial charge < -0.3 is 20.9 Å². The summed E-state index contributed by atoms with van der Waals surface area (Å²) < 4.78 is 5.03. The third-order valence-electron chi connectivity index (χ3n) is 3.61. The molecule has 0 radical (unpaired) electrons. The summed E-state index contributed by atoms with van der Waals surface area (Å²) in [6, 6.07) is -0.124. The van der Waals surface area contributed by atoms with Crippen molar-refractivity contribution in [1.29, 1.82) is 0 Å². The highest BCUT2D eigenvalue weighted by atomic mass is 16.5. The maximum Gasteiger partial charge on any atom is 0.227 e. The van der Waals surface area contributed by atoms with E-state index in [9.17, 15) is 4.79 Å². The SMILES string of the molecule is COCC(CCO)NC(=O)C1(CN)CCCC1. The van der Waals surface area contributed by atoms with Gasteiger partial charge in [0.1, 0.15) is 0 Å². The third-order valence-corrected chi connectivity index (χ3v) is 3.61. The monoisotopic (exact) mass is 244 g/mol. The Morgan fingerprint density at radius 2 is 2.18 bits per heavy atom. The van der Waals surface area contributed by atoms with Crippen LogP contribution in [-0.2, 0) is 9.53 Å².